The van der Waals surface area contributed by atoms with Crippen LogP contribution in [0.3, 0.4) is 0 Å². The van der Waals surface area contributed by atoms with E-state index in [1.54, 1.807) is 13.8 Å². The molecule has 0 spiro atoms. The zero-order chi connectivity index (χ0) is 9.84. The van der Waals surface area contributed by atoms with Crippen LogP contribution in [-0.4, -0.2) is 17.7 Å². The van der Waals surface area contributed by atoms with E-state index in [9.17, 15) is 4.79 Å². The summed E-state index contributed by atoms with van der Waals surface area (Å²) >= 11 is 0. The summed E-state index contributed by atoms with van der Waals surface area (Å²) in [6.07, 6.45) is 0.726. The molecule has 1 aromatic heterocycles. The van der Waals surface area contributed by atoms with Gasteiger partial charge in [0.1, 0.15) is 5.76 Å². The van der Waals surface area contributed by atoms with Crippen LogP contribution in [-0.2, 0) is 11.2 Å². The molecule has 0 aliphatic heterocycles. The number of ether oxygens (including phenoxy) is 1. The number of aromatic nitrogens is 1. The average molecular weight is 183 g/mol. The van der Waals surface area contributed by atoms with Gasteiger partial charge in [-0.1, -0.05) is 12.1 Å². The second-order valence-electron chi connectivity index (χ2n) is 2.64. The number of carbonyl (C=O) groups is 1. The van der Waals surface area contributed by atoms with Crippen molar-refractivity contribution in [2.45, 2.75) is 27.2 Å². The van der Waals surface area contributed by atoms with Crippen LogP contribution in [0.1, 0.15) is 35.7 Å². The number of hydrogen-bond donors (Lipinski definition) is 0. The summed E-state index contributed by atoms with van der Waals surface area (Å²) in [5.74, 6) is 0.279. The van der Waals surface area contributed by atoms with E-state index < -0.39 is 5.97 Å². The largest absolute Gasteiger partial charge is 0.461 e. The SMILES string of the molecule is CCOC(=O)c1noc(C)c1CC. The fourth-order valence-electron chi connectivity index (χ4n) is 1.17. The van der Waals surface area contributed by atoms with Crippen LogP contribution < -0.4 is 0 Å². The molecule has 0 N–H and O–H groups in total. The van der Waals surface area contributed by atoms with Gasteiger partial charge in [-0.25, -0.2) is 4.79 Å². The highest BCUT2D eigenvalue weighted by atomic mass is 16.5. The van der Waals surface area contributed by atoms with Crippen LogP contribution in [0.2, 0.25) is 0 Å². The van der Waals surface area contributed by atoms with Crippen molar-refractivity contribution >= 4 is 5.97 Å². The molecule has 0 unspecified atom stereocenters. The summed E-state index contributed by atoms with van der Waals surface area (Å²) in [6, 6.07) is 0. The fourth-order valence-corrected chi connectivity index (χ4v) is 1.17. The topological polar surface area (TPSA) is 52.3 Å². The molecular formula is C9H13NO3. The van der Waals surface area contributed by atoms with Gasteiger partial charge in [0.15, 0.2) is 5.69 Å². The Balaban J connectivity index is 2.93. The van der Waals surface area contributed by atoms with Gasteiger partial charge in [0.25, 0.3) is 0 Å². The van der Waals surface area contributed by atoms with Crippen molar-refractivity contribution in [3.63, 3.8) is 0 Å². The number of rotatable bonds is 3. The van der Waals surface area contributed by atoms with Crippen molar-refractivity contribution in [1.29, 1.82) is 0 Å². The summed E-state index contributed by atoms with van der Waals surface area (Å²) in [6.45, 7) is 5.85. The Bertz CT molecular complexity index is 304. The van der Waals surface area contributed by atoms with Crippen molar-refractivity contribution in [3.05, 3.63) is 17.0 Å². The molecule has 1 rings (SSSR count). The lowest BCUT2D eigenvalue weighted by Gasteiger charge is -1.98. The Morgan fingerprint density at radius 2 is 2.23 bits per heavy atom. The molecule has 0 aliphatic carbocycles. The molecule has 4 heteroatoms. The monoisotopic (exact) mass is 183 g/mol. The van der Waals surface area contributed by atoms with Gasteiger partial charge in [0.2, 0.25) is 0 Å². The third-order valence-electron chi connectivity index (χ3n) is 1.81. The van der Waals surface area contributed by atoms with Gasteiger partial charge in [-0.3, -0.25) is 0 Å². The number of hydrogen-bond acceptors (Lipinski definition) is 4. The molecule has 1 heterocycles. The van der Waals surface area contributed by atoms with E-state index in [1.165, 1.54) is 0 Å². The molecule has 0 fully saturated rings. The maximum Gasteiger partial charge on any atom is 0.360 e. The van der Waals surface area contributed by atoms with Crippen molar-refractivity contribution in [2.75, 3.05) is 6.61 Å². The molecule has 4 nitrogen and oxygen atoms in total. The average Bonchev–Trinajstić information content (AvgIpc) is 2.47. The van der Waals surface area contributed by atoms with Gasteiger partial charge in [-0.05, 0) is 20.3 Å². The number of esters is 1. The normalized spacial score (nSPS) is 10.1. The Morgan fingerprint density at radius 1 is 1.54 bits per heavy atom. The lowest BCUT2D eigenvalue weighted by Crippen LogP contribution is -2.07. The fraction of sp³-hybridized carbons (Fsp3) is 0.556. The minimum absolute atomic E-state index is 0.307. The number of carbonyl (C=O) groups excluding carboxylic acids is 1. The smallest absolute Gasteiger partial charge is 0.360 e. The van der Waals surface area contributed by atoms with E-state index in [0.29, 0.717) is 18.1 Å². The van der Waals surface area contributed by atoms with Crippen LogP contribution in [0.5, 0.6) is 0 Å². The van der Waals surface area contributed by atoms with Gasteiger partial charge in [-0.2, -0.15) is 0 Å². The van der Waals surface area contributed by atoms with Gasteiger partial charge in [0.05, 0.1) is 6.61 Å². The van der Waals surface area contributed by atoms with E-state index in [4.69, 9.17) is 9.26 Å². The first-order valence-electron chi connectivity index (χ1n) is 4.32. The zero-order valence-corrected chi connectivity index (χ0v) is 8.09. The first-order valence-corrected chi connectivity index (χ1v) is 4.32. The Kier molecular flexibility index (Phi) is 3.06. The standard InChI is InChI=1S/C9H13NO3/c1-4-7-6(3)13-10-8(7)9(11)12-5-2/h4-5H2,1-3H3. The molecule has 0 amide bonds. The molecule has 0 aromatic carbocycles. The second kappa shape index (κ2) is 4.07. The van der Waals surface area contributed by atoms with Gasteiger partial charge in [-0.15, -0.1) is 0 Å². The summed E-state index contributed by atoms with van der Waals surface area (Å²) in [4.78, 5) is 11.3. The van der Waals surface area contributed by atoms with Gasteiger partial charge >= 0.3 is 5.97 Å². The molecule has 0 atom stereocenters. The molecule has 1 aromatic rings. The Hall–Kier alpha value is -1.32. The number of aryl methyl sites for hydroxylation is 1. The summed E-state index contributed by atoms with van der Waals surface area (Å²) in [7, 11) is 0. The maximum absolute atomic E-state index is 11.3. The predicted molar refractivity (Wildman–Crippen MR) is 46.6 cm³/mol. The molecule has 0 saturated carbocycles. The minimum atomic E-state index is -0.406. The predicted octanol–water partition coefficient (Wildman–Crippen LogP) is 1.72. The highest BCUT2D eigenvalue weighted by molar-refractivity contribution is 5.88. The van der Waals surface area contributed by atoms with Crippen molar-refractivity contribution in [3.8, 4) is 0 Å². The molecule has 0 saturated heterocycles. The minimum Gasteiger partial charge on any atom is -0.461 e. The van der Waals surface area contributed by atoms with Crippen LogP contribution in [0.4, 0.5) is 0 Å². The molecule has 0 aliphatic rings. The molecule has 0 radical (unpaired) electrons. The summed E-state index contributed by atoms with van der Waals surface area (Å²) < 4.78 is 9.73. The molecule has 72 valence electrons. The Morgan fingerprint density at radius 3 is 2.77 bits per heavy atom. The van der Waals surface area contributed by atoms with E-state index in [1.807, 2.05) is 6.92 Å². The second-order valence-corrected chi connectivity index (χ2v) is 2.64. The van der Waals surface area contributed by atoms with E-state index in [0.717, 1.165) is 12.0 Å². The van der Waals surface area contributed by atoms with Gasteiger partial charge in [0, 0.05) is 5.56 Å². The van der Waals surface area contributed by atoms with Crippen LogP contribution in [0.25, 0.3) is 0 Å². The molecular weight excluding hydrogens is 170 g/mol. The van der Waals surface area contributed by atoms with E-state index in [-0.39, 0.29) is 0 Å². The molecule has 0 bridgehead atoms. The van der Waals surface area contributed by atoms with Gasteiger partial charge < -0.3 is 9.26 Å². The van der Waals surface area contributed by atoms with Crippen LogP contribution in [0, 0.1) is 6.92 Å². The van der Waals surface area contributed by atoms with Crippen molar-refractivity contribution < 1.29 is 14.1 Å². The summed E-state index contributed by atoms with van der Waals surface area (Å²) in [5, 5.41) is 3.66. The third kappa shape index (κ3) is 1.88. The first-order chi connectivity index (χ1) is 6.20. The zero-order valence-electron chi connectivity index (χ0n) is 8.09. The number of nitrogens with zero attached hydrogens (tertiary/aromatic N) is 1. The van der Waals surface area contributed by atoms with Crippen LogP contribution >= 0.6 is 0 Å². The van der Waals surface area contributed by atoms with Crippen molar-refractivity contribution in [1.82, 2.24) is 5.16 Å². The third-order valence-corrected chi connectivity index (χ3v) is 1.81. The summed E-state index contributed by atoms with van der Waals surface area (Å²) in [5.41, 5.74) is 1.14. The quantitative estimate of drug-likeness (QED) is 0.669. The van der Waals surface area contributed by atoms with E-state index >= 15 is 0 Å². The van der Waals surface area contributed by atoms with E-state index in [2.05, 4.69) is 5.16 Å². The highest BCUT2D eigenvalue weighted by Crippen LogP contribution is 2.14. The van der Waals surface area contributed by atoms with Crippen molar-refractivity contribution in [2.24, 2.45) is 0 Å². The lowest BCUT2D eigenvalue weighted by atomic mass is 10.1. The highest BCUT2D eigenvalue weighted by Gasteiger charge is 2.18. The molecule has 13 heavy (non-hydrogen) atoms. The first kappa shape index (κ1) is 9.77. The Labute approximate surface area is 76.9 Å². The van der Waals surface area contributed by atoms with Crippen LogP contribution in [0.15, 0.2) is 4.52 Å². The lowest BCUT2D eigenvalue weighted by molar-refractivity contribution is 0.0513. The maximum atomic E-state index is 11.3.